The number of ether oxygens (including phenoxy) is 2. The van der Waals surface area contributed by atoms with Crippen LogP contribution in [0.1, 0.15) is 68.6 Å². The molecule has 0 fully saturated rings. The molecule has 43 heavy (non-hydrogen) atoms. The van der Waals surface area contributed by atoms with E-state index in [0.717, 1.165) is 69.3 Å². The van der Waals surface area contributed by atoms with Gasteiger partial charge in [-0.1, -0.05) is 67.7 Å². The Balaban J connectivity index is 2.10. The molecule has 0 radical (unpaired) electrons. The zero-order valence-corrected chi connectivity index (χ0v) is 26.0. The lowest BCUT2D eigenvalue weighted by Crippen LogP contribution is -2.36. The molecule has 236 valence electrons. The zero-order valence-electron chi connectivity index (χ0n) is 25.2. The number of hydrogen-bond acceptors (Lipinski definition) is 7. The van der Waals surface area contributed by atoms with Gasteiger partial charge in [0.25, 0.3) is 5.91 Å². The largest absolute Gasteiger partial charge is 0.507 e. The van der Waals surface area contributed by atoms with E-state index < -0.39 is 23.2 Å². The Kier molecular flexibility index (Phi) is 21.5. The van der Waals surface area contributed by atoms with Gasteiger partial charge < -0.3 is 25.0 Å². The highest BCUT2D eigenvalue weighted by atomic mass is 32.2. The molecule has 0 aliphatic carbocycles. The van der Waals surface area contributed by atoms with Crippen molar-refractivity contribution in [2.75, 3.05) is 31.3 Å². The fourth-order valence-corrected chi connectivity index (χ4v) is 4.47. The highest BCUT2D eigenvalue weighted by Crippen LogP contribution is 2.21. The van der Waals surface area contributed by atoms with Gasteiger partial charge in [0.05, 0.1) is 6.54 Å². The predicted molar refractivity (Wildman–Crippen MR) is 175 cm³/mol. The summed E-state index contributed by atoms with van der Waals surface area (Å²) in [5, 5.41) is 23.6. The summed E-state index contributed by atoms with van der Waals surface area (Å²) in [6.45, 7) is 2.14. The van der Waals surface area contributed by atoms with E-state index in [1.165, 1.54) is 24.9 Å². The second-order valence-electron chi connectivity index (χ2n) is 9.23. The molecule has 0 heterocycles. The summed E-state index contributed by atoms with van der Waals surface area (Å²) in [7, 11) is 1.47. The van der Waals surface area contributed by atoms with Crippen molar-refractivity contribution in [3.63, 3.8) is 0 Å². The van der Waals surface area contributed by atoms with Crippen molar-refractivity contribution in [1.29, 1.82) is 0 Å². The van der Waals surface area contributed by atoms with E-state index in [9.17, 15) is 19.5 Å². The van der Waals surface area contributed by atoms with Crippen LogP contribution in [-0.2, 0) is 14.3 Å². The quantitative estimate of drug-likeness (QED) is 0.0460. The van der Waals surface area contributed by atoms with Crippen molar-refractivity contribution in [1.82, 2.24) is 5.32 Å². The van der Waals surface area contributed by atoms with Crippen molar-refractivity contribution in [3.05, 3.63) is 84.5 Å². The van der Waals surface area contributed by atoms with Gasteiger partial charge in [0, 0.05) is 12.8 Å². The first-order chi connectivity index (χ1) is 20.9. The van der Waals surface area contributed by atoms with Gasteiger partial charge >= 0.3 is 12.1 Å². The van der Waals surface area contributed by atoms with Crippen molar-refractivity contribution in [2.24, 2.45) is 0 Å². The maximum atomic E-state index is 12.3. The average molecular weight is 615 g/mol. The molecule has 1 aromatic rings. The number of hydrogen-bond donors (Lipinski definition) is 4. The number of carboxylic acids is 1. The lowest BCUT2D eigenvalue weighted by Gasteiger charge is -2.15. The van der Waals surface area contributed by atoms with E-state index in [1.54, 1.807) is 0 Å². The molecule has 0 spiro atoms. The summed E-state index contributed by atoms with van der Waals surface area (Å²) in [6.07, 6.45) is 28.9. The SMILES string of the molecule is CCC=CCC=CCC=CCC=CCC=CCCCCSC(OC)C(=O)NCCOC(=O)Nc1ccc(O)c(C(=O)O)c1. The first-order valence-corrected chi connectivity index (χ1v) is 15.6. The number of aromatic carboxylic acids is 1. The number of unbranched alkanes of at least 4 members (excludes halogenated alkanes) is 2. The summed E-state index contributed by atoms with van der Waals surface area (Å²) in [6, 6.07) is 3.62. The van der Waals surface area contributed by atoms with E-state index in [1.807, 2.05) is 0 Å². The van der Waals surface area contributed by atoms with Crippen LogP contribution >= 0.6 is 11.8 Å². The fraction of sp³-hybridized carbons (Fsp3) is 0.424. The first kappa shape index (κ1) is 37.3. The Morgan fingerprint density at radius 2 is 1.51 bits per heavy atom. The Labute approximate surface area is 259 Å². The van der Waals surface area contributed by atoms with Gasteiger partial charge in [0.1, 0.15) is 17.9 Å². The maximum Gasteiger partial charge on any atom is 0.411 e. The van der Waals surface area contributed by atoms with Crippen LogP contribution in [0.4, 0.5) is 10.5 Å². The van der Waals surface area contributed by atoms with Crippen molar-refractivity contribution in [3.8, 4) is 5.75 Å². The standard InChI is InChI=1S/C33H46N2O7S/c1-3-4-5-6-7-8-9-10-11-12-13-14-15-16-17-18-19-20-25-43-32(41-2)30(37)34-23-24-42-33(40)35-27-21-22-29(36)28(26-27)31(38)39/h4-5,7-8,10-11,13-14,16-17,21-22,26,32,36H,3,6,9,12,15,18-20,23-25H2,1-2H3,(H,34,37)(H,35,40)(H,38,39). The monoisotopic (exact) mass is 614 g/mol. The minimum atomic E-state index is -1.33. The number of carbonyl (C=O) groups excluding carboxylic acids is 2. The van der Waals surface area contributed by atoms with Crippen LogP contribution in [0.3, 0.4) is 0 Å². The van der Waals surface area contributed by atoms with Crippen LogP contribution in [0.5, 0.6) is 5.75 Å². The molecule has 1 unspecified atom stereocenters. The van der Waals surface area contributed by atoms with Crippen LogP contribution in [-0.4, -0.2) is 59.6 Å². The lowest BCUT2D eigenvalue weighted by molar-refractivity contribution is -0.126. The lowest BCUT2D eigenvalue weighted by atomic mass is 10.2. The molecule has 10 heteroatoms. The first-order valence-electron chi connectivity index (χ1n) is 14.6. The van der Waals surface area contributed by atoms with Crippen LogP contribution in [0.25, 0.3) is 0 Å². The second kappa shape index (κ2) is 24.8. The van der Waals surface area contributed by atoms with E-state index in [4.69, 9.17) is 14.6 Å². The predicted octanol–water partition coefficient (Wildman–Crippen LogP) is 7.38. The third kappa shape index (κ3) is 19.1. The van der Waals surface area contributed by atoms with Gasteiger partial charge in [-0.05, 0) is 75.3 Å². The minimum Gasteiger partial charge on any atom is -0.507 e. The van der Waals surface area contributed by atoms with Gasteiger partial charge in [-0.3, -0.25) is 10.1 Å². The molecule has 0 aliphatic heterocycles. The average Bonchev–Trinajstić information content (AvgIpc) is 2.99. The van der Waals surface area contributed by atoms with Crippen LogP contribution in [0, 0.1) is 0 Å². The molecule has 9 nitrogen and oxygen atoms in total. The van der Waals surface area contributed by atoms with Crippen LogP contribution in [0.2, 0.25) is 0 Å². The van der Waals surface area contributed by atoms with Crippen molar-refractivity contribution in [2.45, 2.75) is 63.7 Å². The Morgan fingerprint density at radius 1 is 0.907 bits per heavy atom. The number of anilines is 1. The third-order valence-corrected chi connectivity index (χ3v) is 6.96. The Morgan fingerprint density at radius 3 is 2.09 bits per heavy atom. The third-order valence-electron chi connectivity index (χ3n) is 5.73. The number of thioether (sulfide) groups is 1. The highest BCUT2D eigenvalue weighted by Gasteiger charge is 2.17. The van der Waals surface area contributed by atoms with Crippen molar-refractivity contribution >= 4 is 35.4 Å². The number of nitrogens with one attached hydrogen (secondary N) is 2. The number of carboxylic acid groups (broad SMARTS) is 1. The normalized spacial score (nSPS) is 12.6. The van der Waals surface area contributed by atoms with E-state index in [0.29, 0.717) is 0 Å². The molecular weight excluding hydrogens is 568 g/mol. The number of methoxy groups -OCH3 is 1. The maximum absolute atomic E-state index is 12.3. The number of rotatable bonds is 22. The van der Waals surface area contributed by atoms with Crippen molar-refractivity contribution < 1.29 is 34.1 Å². The van der Waals surface area contributed by atoms with Gasteiger partial charge in [0.2, 0.25) is 0 Å². The van der Waals surface area contributed by atoms with Gasteiger partial charge in [-0.15, -0.1) is 11.8 Å². The second-order valence-corrected chi connectivity index (χ2v) is 10.4. The minimum absolute atomic E-state index is 0.0875. The number of amides is 2. The summed E-state index contributed by atoms with van der Waals surface area (Å²) < 4.78 is 10.3. The zero-order chi connectivity index (χ0) is 31.5. The molecule has 0 saturated carbocycles. The fourth-order valence-electron chi connectivity index (χ4n) is 3.51. The van der Waals surface area contributed by atoms with Crippen LogP contribution < -0.4 is 10.6 Å². The summed E-state index contributed by atoms with van der Waals surface area (Å²) in [5.41, 5.74) is -0.849. The summed E-state index contributed by atoms with van der Waals surface area (Å²) >= 11 is 1.42. The molecular formula is C33H46N2O7S. The molecule has 1 aromatic carbocycles. The number of allylic oxidation sites excluding steroid dienone is 10. The highest BCUT2D eigenvalue weighted by molar-refractivity contribution is 8.00. The molecule has 1 rings (SSSR count). The van der Waals surface area contributed by atoms with Gasteiger partial charge in [0.15, 0.2) is 5.44 Å². The number of phenols is 1. The topological polar surface area (TPSA) is 134 Å². The van der Waals surface area contributed by atoms with Gasteiger partial charge in [-0.2, -0.15) is 0 Å². The number of carbonyl (C=O) groups is 3. The smallest absolute Gasteiger partial charge is 0.411 e. The van der Waals surface area contributed by atoms with E-state index >= 15 is 0 Å². The molecule has 0 aromatic heterocycles. The molecule has 0 saturated heterocycles. The Bertz CT molecular complexity index is 1110. The number of benzene rings is 1. The Hall–Kier alpha value is -3.76. The van der Waals surface area contributed by atoms with E-state index in [2.05, 4.69) is 78.3 Å². The molecule has 2 amide bonds. The molecule has 0 aliphatic rings. The van der Waals surface area contributed by atoms with Gasteiger partial charge in [-0.25, -0.2) is 9.59 Å². The summed E-state index contributed by atoms with van der Waals surface area (Å²) in [4.78, 5) is 35.3. The molecule has 1 atom stereocenters. The molecule has 0 bridgehead atoms. The van der Waals surface area contributed by atoms with Crippen LogP contribution in [0.15, 0.2) is 79.0 Å². The molecule has 4 N–H and O–H groups in total. The number of aromatic hydroxyl groups is 1. The van der Waals surface area contributed by atoms with E-state index in [-0.39, 0.29) is 30.3 Å². The summed E-state index contributed by atoms with van der Waals surface area (Å²) in [5.74, 6) is -1.27.